The number of nitrogens with zero attached hydrogens (tertiary/aromatic N) is 1. The van der Waals surface area contributed by atoms with Crippen molar-refractivity contribution in [2.45, 2.75) is 97.1 Å². The molecule has 1 heterocycles. The number of hydrogen-bond acceptors (Lipinski definition) is 6. The van der Waals surface area contributed by atoms with Crippen LogP contribution in [0, 0.1) is 0 Å². The van der Waals surface area contributed by atoms with Crippen molar-refractivity contribution in [1.82, 2.24) is 0 Å². The third kappa shape index (κ3) is 11.6. The van der Waals surface area contributed by atoms with E-state index in [0.717, 1.165) is 11.6 Å². The zero-order valence-corrected chi connectivity index (χ0v) is 27.1. The van der Waals surface area contributed by atoms with Crippen LogP contribution in [0.2, 0.25) is 5.02 Å². The van der Waals surface area contributed by atoms with Gasteiger partial charge in [-0.25, -0.2) is 4.99 Å². The molecule has 2 aromatic rings. The minimum absolute atomic E-state index is 0.142. The summed E-state index contributed by atoms with van der Waals surface area (Å²) < 4.78 is 71.5. The lowest BCUT2D eigenvalue weighted by molar-refractivity contribution is -0.139. The van der Waals surface area contributed by atoms with Crippen LogP contribution in [0.1, 0.15) is 78.0 Å². The topological polar surface area (TPSA) is 58.5 Å². The second-order valence-electron chi connectivity index (χ2n) is 12.5. The van der Waals surface area contributed by atoms with Crippen LogP contribution in [0.5, 0.6) is 5.75 Å². The first-order chi connectivity index (χ1) is 19.4. The molecule has 0 fully saturated rings. The quantitative estimate of drug-likeness (QED) is 0.163. The van der Waals surface area contributed by atoms with Gasteiger partial charge in [0.2, 0.25) is 0 Å². The molecule has 11 heteroatoms. The van der Waals surface area contributed by atoms with Gasteiger partial charge in [0.25, 0.3) is 0 Å². The Morgan fingerprint density at radius 1 is 0.929 bits per heavy atom. The number of aliphatic imine (C=N–C) groups is 1. The highest BCUT2D eigenvalue weighted by molar-refractivity contribution is 7.41. The fourth-order valence-corrected chi connectivity index (χ4v) is 5.68. The number of aryl methyl sites for hydroxylation is 2. The molecule has 1 atom stereocenters. The van der Waals surface area contributed by atoms with E-state index >= 15 is 0 Å². The maximum Gasteiger partial charge on any atom is 0.419 e. The molecule has 0 aromatic heterocycles. The summed E-state index contributed by atoms with van der Waals surface area (Å²) in [6.07, 6.45) is -2.57. The third-order valence-corrected chi connectivity index (χ3v) is 8.07. The molecule has 1 aliphatic rings. The summed E-state index contributed by atoms with van der Waals surface area (Å²) >= 11 is 5.91. The fourth-order valence-electron chi connectivity index (χ4n) is 4.17. The normalized spacial score (nSPS) is 17.9. The average Bonchev–Trinajstić information content (AvgIpc) is 3.24. The standard InChI is InChI=1S/C31H42ClF3NO5P/c1-22-36-30(20-38-22,21-39-42(40-28(2,3)4)41-29(5,6)7)17-16-24-12-15-27(26(19-24)31(33,34)35)37-18-8-9-23-10-13-25(32)14-11-23/h10-15,19H,8-9,16-18,20-21H2,1-7H3. The predicted octanol–water partition coefficient (Wildman–Crippen LogP) is 9.36. The Kier molecular flexibility index (Phi) is 11.7. The summed E-state index contributed by atoms with van der Waals surface area (Å²) in [5, 5.41) is 0.639. The number of halogens is 4. The van der Waals surface area contributed by atoms with E-state index in [1.54, 1.807) is 25.1 Å². The van der Waals surface area contributed by atoms with E-state index in [-0.39, 0.29) is 25.6 Å². The van der Waals surface area contributed by atoms with Crippen molar-refractivity contribution in [3.8, 4) is 5.75 Å². The predicted molar refractivity (Wildman–Crippen MR) is 161 cm³/mol. The van der Waals surface area contributed by atoms with Gasteiger partial charge in [0.05, 0.1) is 30.0 Å². The molecule has 0 saturated carbocycles. The van der Waals surface area contributed by atoms with Gasteiger partial charge in [0.15, 0.2) is 5.90 Å². The molecule has 6 nitrogen and oxygen atoms in total. The average molecular weight is 632 g/mol. The molecule has 0 saturated heterocycles. The van der Waals surface area contributed by atoms with Gasteiger partial charge in [0.1, 0.15) is 17.9 Å². The first-order valence-electron chi connectivity index (χ1n) is 14.0. The van der Waals surface area contributed by atoms with Gasteiger partial charge >= 0.3 is 14.8 Å². The van der Waals surface area contributed by atoms with Crippen LogP contribution < -0.4 is 4.74 Å². The van der Waals surface area contributed by atoms with Crippen LogP contribution in [-0.4, -0.2) is 42.5 Å². The van der Waals surface area contributed by atoms with Gasteiger partial charge in [0, 0.05) is 11.9 Å². The minimum Gasteiger partial charge on any atom is -0.493 e. The number of alkyl halides is 3. The molecule has 0 N–H and O–H groups in total. The van der Waals surface area contributed by atoms with Crippen molar-refractivity contribution in [1.29, 1.82) is 0 Å². The number of hydrogen-bond donors (Lipinski definition) is 0. The van der Waals surface area contributed by atoms with E-state index < -0.39 is 37.1 Å². The Bertz CT molecular complexity index is 1180. The number of ether oxygens (including phenoxy) is 2. The molecule has 234 valence electrons. The van der Waals surface area contributed by atoms with Crippen molar-refractivity contribution in [3.63, 3.8) is 0 Å². The highest BCUT2D eigenvalue weighted by atomic mass is 35.5. The van der Waals surface area contributed by atoms with Gasteiger partial charge in [-0.05, 0) is 103 Å². The minimum atomic E-state index is -4.56. The molecule has 1 unspecified atom stereocenters. The van der Waals surface area contributed by atoms with Crippen molar-refractivity contribution in [3.05, 3.63) is 64.2 Å². The molecule has 0 amide bonds. The molecular weight excluding hydrogens is 590 g/mol. The Labute approximate surface area is 253 Å². The lowest BCUT2D eigenvalue weighted by Gasteiger charge is -2.32. The maximum atomic E-state index is 14.0. The van der Waals surface area contributed by atoms with Gasteiger partial charge in [-0.15, -0.1) is 0 Å². The van der Waals surface area contributed by atoms with Crippen LogP contribution in [0.4, 0.5) is 13.2 Å². The zero-order valence-electron chi connectivity index (χ0n) is 25.4. The van der Waals surface area contributed by atoms with E-state index in [9.17, 15) is 13.2 Å². The molecular formula is C31H42ClF3NO5P. The van der Waals surface area contributed by atoms with Crippen molar-refractivity contribution < 1.29 is 36.2 Å². The largest absolute Gasteiger partial charge is 0.493 e. The fraction of sp³-hybridized carbons (Fsp3) is 0.581. The highest BCUT2D eigenvalue weighted by Crippen LogP contribution is 2.48. The summed E-state index contributed by atoms with van der Waals surface area (Å²) in [6.45, 7) is 13.8. The lowest BCUT2D eigenvalue weighted by atomic mass is 9.93. The van der Waals surface area contributed by atoms with E-state index in [1.165, 1.54) is 6.07 Å². The van der Waals surface area contributed by atoms with E-state index in [1.807, 2.05) is 53.7 Å². The summed E-state index contributed by atoms with van der Waals surface area (Å²) in [5.41, 5.74) is -0.994. The summed E-state index contributed by atoms with van der Waals surface area (Å²) in [7, 11) is -1.71. The lowest BCUT2D eigenvalue weighted by Crippen LogP contribution is -2.35. The zero-order chi connectivity index (χ0) is 31.2. The summed E-state index contributed by atoms with van der Waals surface area (Å²) in [5.74, 6) is 0.331. The molecule has 3 rings (SSSR count). The Morgan fingerprint density at radius 2 is 1.55 bits per heavy atom. The second-order valence-corrected chi connectivity index (χ2v) is 14.0. The third-order valence-electron chi connectivity index (χ3n) is 6.09. The van der Waals surface area contributed by atoms with Crippen LogP contribution in [-0.2, 0) is 37.3 Å². The van der Waals surface area contributed by atoms with Crippen LogP contribution >= 0.6 is 20.2 Å². The number of rotatable bonds is 13. The first-order valence-corrected chi connectivity index (χ1v) is 15.5. The Balaban J connectivity index is 1.67. The molecule has 1 aliphatic heterocycles. The summed E-state index contributed by atoms with van der Waals surface area (Å²) in [6, 6.07) is 11.6. The monoisotopic (exact) mass is 631 g/mol. The van der Waals surface area contributed by atoms with E-state index in [2.05, 4.69) is 4.99 Å². The molecule has 0 bridgehead atoms. The molecule has 2 aromatic carbocycles. The SMILES string of the molecule is CC1=NC(CCc2ccc(OCCCc3ccc(Cl)cc3)c(C(F)(F)F)c2)(COP(OC(C)(C)C)OC(C)(C)C)CO1. The van der Waals surface area contributed by atoms with Crippen LogP contribution in [0.15, 0.2) is 47.5 Å². The molecule has 0 radical (unpaired) electrons. The molecule has 42 heavy (non-hydrogen) atoms. The smallest absolute Gasteiger partial charge is 0.419 e. The second kappa shape index (κ2) is 14.3. The first kappa shape index (κ1) is 34.6. The van der Waals surface area contributed by atoms with E-state index in [0.29, 0.717) is 42.2 Å². The van der Waals surface area contributed by atoms with Gasteiger partial charge in [-0.2, -0.15) is 13.2 Å². The maximum absolute atomic E-state index is 14.0. The van der Waals surface area contributed by atoms with Crippen LogP contribution in [0.25, 0.3) is 0 Å². The highest BCUT2D eigenvalue weighted by Gasteiger charge is 2.39. The van der Waals surface area contributed by atoms with Gasteiger partial charge in [-0.3, -0.25) is 0 Å². The van der Waals surface area contributed by atoms with Crippen molar-refractivity contribution in [2.75, 3.05) is 19.8 Å². The van der Waals surface area contributed by atoms with Crippen molar-refractivity contribution >= 4 is 26.1 Å². The molecule has 0 spiro atoms. The van der Waals surface area contributed by atoms with Gasteiger partial charge in [-0.1, -0.05) is 29.8 Å². The Hall–Kier alpha value is -1.90. The van der Waals surface area contributed by atoms with Gasteiger partial charge < -0.3 is 23.0 Å². The number of benzene rings is 2. The summed E-state index contributed by atoms with van der Waals surface area (Å²) in [4.78, 5) is 4.68. The Morgan fingerprint density at radius 3 is 2.10 bits per heavy atom. The molecule has 0 aliphatic carbocycles. The van der Waals surface area contributed by atoms with Crippen molar-refractivity contribution in [2.24, 2.45) is 4.99 Å². The van der Waals surface area contributed by atoms with Crippen LogP contribution in [0.3, 0.4) is 0 Å². The van der Waals surface area contributed by atoms with E-state index in [4.69, 9.17) is 34.6 Å².